The Labute approximate surface area is 129 Å². The van der Waals surface area contributed by atoms with Gasteiger partial charge in [0.1, 0.15) is 0 Å². The van der Waals surface area contributed by atoms with E-state index >= 15 is 0 Å². The molecule has 0 fully saturated rings. The molecule has 120 valence electrons. The Bertz CT molecular complexity index is 700. The molecule has 0 aliphatic heterocycles. The van der Waals surface area contributed by atoms with Gasteiger partial charge in [0.2, 0.25) is 0 Å². The van der Waals surface area contributed by atoms with Crippen LogP contribution in [0.15, 0.2) is 54.6 Å². The Kier molecular flexibility index (Phi) is 4.54. The van der Waals surface area contributed by atoms with Crippen molar-refractivity contribution in [3.8, 4) is 0 Å². The van der Waals surface area contributed by atoms with Crippen LogP contribution in [0, 0.1) is 0 Å². The number of halogens is 3. The van der Waals surface area contributed by atoms with E-state index in [0.29, 0.717) is 0 Å². The number of anilines is 2. The number of hydrogen-bond donors (Lipinski definition) is 2. The lowest BCUT2D eigenvalue weighted by Gasteiger charge is -2.24. The number of rotatable bonds is 3. The van der Waals surface area contributed by atoms with Crippen LogP contribution in [0.2, 0.25) is 0 Å². The summed E-state index contributed by atoms with van der Waals surface area (Å²) < 4.78 is 37.3. The molecular formula is C15H11F3N2O3. The van der Waals surface area contributed by atoms with E-state index in [1.54, 1.807) is 18.2 Å². The number of benzene rings is 2. The largest absolute Gasteiger partial charge is 0.485 e. The highest BCUT2D eigenvalue weighted by atomic mass is 19.4. The van der Waals surface area contributed by atoms with Crippen LogP contribution >= 0.6 is 0 Å². The summed E-state index contributed by atoms with van der Waals surface area (Å²) in [5, 5.41) is 9.78. The van der Waals surface area contributed by atoms with Crippen molar-refractivity contribution in [2.24, 2.45) is 0 Å². The van der Waals surface area contributed by atoms with Crippen LogP contribution in [0.1, 0.15) is 10.4 Å². The lowest BCUT2D eigenvalue weighted by molar-refractivity contribution is -0.144. The van der Waals surface area contributed by atoms with Gasteiger partial charge in [0.25, 0.3) is 0 Å². The third-order valence-corrected chi connectivity index (χ3v) is 2.84. The first-order valence-corrected chi connectivity index (χ1v) is 6.35. The van der Waals surface area contributed by atoms with Crippen molar-refractivity contribution in [1.82, 2.24) is 5.32 Å². The third kappa shape index (κ3) is 4.22. The summed E-state index contributed by atoms with van der Waals surface area (Å²) in [6.45, 7) is 0. The average molecular weight is 324 g/mol. The molecule has 8 heteroatoms. The highest BCUT2D eigenvalue weighted by molar-refractivity contribution is 6.00. The minimum absolute atomic E-state index is 0.0435. The predicted molar refractivity (Wildman–Crippen MR) is 76.6 cm³/mol. The molecule has 0 aromatic heterocycles. The second-order valence-electron chi connectivity index (χ2n) is 4.45. The number of aromatic carboxylic acids is 1. The molecular weight excluding hydrogens is 313 g/mol. The van der Waals surface area contributed by atoms with Crippen LogP contribution in [0.5, 0.6) is 0 Å². The second kappa shape index (κ2) is 6.39. The lowest BCUT2D eigenvalue weighted by Crippen LogP contribution is -2.44. The van der Waals surface area contributed by atoms with Gasteiger partial charge in [0, 0.05) is 0 Å². The Morgan fingerprint density at radius 2 is 1.43 bits per heavy atom. The van der Waals surface area contributed by atoms with E-state index in [0.717, 1.165) is 10.2 Å². The number of carbonyl (C=O) groups is 2. The van der Waals surface area contributed by atoms with Gasteiger partial charge >= 0.3 is 18.3 Å². The smallest absolute Gasteiger partial charge is 0.478 e. The standard InChI is InChI=1S/C15H11F3N2O3/c16-15(17,18)19-14(23)20(11-4-2-1-3-5-11)12-8-6-10(7-9-12)13(21)22/h1-9H,(H,19,23)(H,21,22). The molecule has 0 saturated carbocycles. The molecule has 0 bridgehead atoms. The van der Waals surface area contributed by atoms with Gasteiger partial charge in [-0.25, -0.2) is 14.9 Å². The molecule has 2 amide bonds. The number of carbonyl (C=O) groups excluding carboxylic acids is 1. The summed E-state index contributed by atoms with van der Waals surface area (Å²) in [4.78, 5) is 23.6. The molecule has 2 N–H and O–H groups in total. The number of carboxylic acids is 1. The highest BCUT2D eigenvalue weighted by Gasteiger charge is 2.33. The van der Waals surface area contributed by atoms with Crippen molar-refractivity contribution >= 4 is 23.4 Å². The first kappa shape index (κ1) is 16.3. The molecule has 0 aliphatic rings. The van der Waals surface area contributed by atoms with E-state index in [4.69, 9.17) is 5.11 Å². The van der Waals surface area contributed by atoms with Crippen LogP contribution in [0.4, 0.5) is 29.3 Å². The van der Waals surface area contributed by atoms with Gasteiger partial charge in [0.05, 0.1) is 16.9 Å². The summed E-state index contributed by atoms with van der Waals surface area (Å²) >= 11 is 0. The van der Waals surface area contributed by atoms with Crippen molar-refractivity contribution < 1.29 is 27.9 Å². The molecule has 0 saturated heterocycles. The maximum Gasteiger partial charge on any atom is 0.485 e. The molecule has 0 heterocycles. The minimum Gasteiger partial charge on any atom is -0.478 e. The molecule has 2 aromatic carbocycles. The first-order chi connectivity index (χ1) is 10.8. The van der Waals surface area contributed by atoms with Gasteiger partial charge in [-0.05, 0) is 36.4 Å². The van der Waals surface area contributed by atoms with Crippen molar-refractivity contribution in [3.05, 3.63) is 60.2 Å². The zero-order chi connectivity index (χ0) is 17.0. The Morgan fingerprint density at radius 1 is 0.913 bits per heavy atom. The third-order valence-electron chi connectivity index (χ3n) is 2.84. The summed E-state index contributed by atoms with van der Waals surface area (Å²) in [5.41, 5.74) is 0.262. The number of nitrogens with zero attached hydrogens (tertiary/aromatic N) is 1. The van der Waals surface area contributed by atoms with Crippen molar-refractivity contribution in [3.63, 3.8) is 0 Å². The molecule has 23 heavy (non-hydrogen) atoms. The Balaban J connectivity index is 2.41. The number of amides is 2. The van der Waals surface area contributed by atoms with E-state index in [2.05, 4.69) is 0 Å². The number of hydrogen-bond acceptors (Lipinski definition) is 2. The van der Waals surface area contributed by atoms with Crippen molar-refractivity contribution in [1.29, 1.82) is 0 Å². The van der Waals surface area contributed by atoms with Gasteiger partial charge in [-0.15, -0.1) is 0 Å². The van der Waals surface area contributed by atoms with E-state index < -0.39 is 18.3 Å². The Morgan fingerprint density at radius 3 is 1.91 bits per heavy atom. The van der Waals surface area contributed by atoms with Gasteiger partial charge in [0.15, 0.2) is 0 Å². The van der Waals surface area contributed by atoms with Gasteiger partial charge in [-0.2, -0.15) is 13.2 Å². The topological polar surface area (TPSA) is 69.6 Å². The molecule has 5 nitrogen and oxygen atoms in total. The normalized spacial score (nSPS) is 10.9. The van der Waals surface area contributed by atoms with Gasteiger partial charge in [-0.1, -0.05) is 18.2 Å². The number of carboxylic acid groups (broad SMARTS) is 1. The number of para-hydroxylation sites is 1. The van der Waals surface area contributed by atoms with E-state index in [1.165, 1.54) is 36.4 Å². The van der Waals surface area contributed by atoms with Crippen molar-refractivity contribution in [2.45, 2.75) is 6.30 Å². The SMILES string of the molecule is O=C(O)c1ccc(N(C(=O)NC(F)(F)F)c2ccccc2)cc1. The minimum atomic E-state index is -4.88. The van der Waals surface area contributed by atoms with Crippen LogP contribution in [-0.4, -0.2) is 23.4 Å². The number of nitrogens with one attached hydrogen (secondary N) is 1. The van der Waals surface area contributed by atoms with E-state index in [-0.39, 0.29) is 16.9 Å². The fraction of sp³-hybridized carbons (Fsp3) is 0.0667. The maximum atomic E-state index is 12.4. The summed E-state index contributed by atoms with van der Waals surface area (Å²) in [6.07, 6.45) is -4.88. The van der Waals surface area contributed by atoms with E-state index in [9.17, 15) is 22.8 Å². The van der Waals surface area contributed by atoms with Crippen LogP contribution in [0.25, 0.3) is 0 Å². The molecule has 0 spiro atoms. The van der Waals surface area contributed by atoms with Crippen LogP contribution in [0.3, 0.4) is 0 Å². The highest BCUT2D eigenvalue weighted by Crippen LogP contribution is 2.26. The zero-order valence-electron chi connectivity index (χ0n) is 11.5. The van der Waals surface area contributed by atoms with Gasteiger partial charge < -0.3 is 5.11 Å². The first-order valence-electron chi connectivity index (χ1n) is 6.35. The quantitative estimate of drug-likeness (QED) is 0.845. The Hall–Kier alpha value is -3.03. The summed E-state index contributed by atoms with van der Waals surface area (Å²) in [6, 6.07) is 11.2. The maximum absolute atomic E-state index is 12.4. The fourth-order valence-electron chi connectivity index (χ4n) is 1.89. The molecule has 0 atom stereocenters. The summed E-state index contributed by atoms with van der Waals surface area (Å²) in [7, 11) is 0. The predicted octanol–water partition coefficient (Wildman–Crippen LogP) is 3.75. The summed E-state index contributed by atoms with van der Waals surface area (Å²) in [5.74, 6) is -1.18. The second-order valence-corrected chi connectivity index (χ2v) is 4.45. The fourth-order valence-corrected chi connectivity index (χ4v) is 1.89. The average Bonchev–Trinajstić information content (AvgIpc) is 2.47. The molecule has 0 radical (unpaired) electrons. The lowest BCUT2D eigenvalue weighted by atomic mass is 10.2. The monoisotopic (exact) mass is 324 g/mol. The molecule has 2 rings (SSSR count). The zero-order valence-corrected chi connectivity index (χ0v) is 11.5. The van der Waals surface area contributed by atoms with Crippen molar-refractivity contribution in [2.75, 3.05) is 4.90 Å². The van der Waals surface area contributed by atoms with Crippen LogP contribution < -0.4 is 10.2 Å². The number of alkyl halides is 3. The van der Waals surface area contributed by atoms with E-state index in [1.807, 2.05) is 0 Å². The molecule has 0 unspecified atom stereocenters. The molecule has 0 aliphatic carbocycles. The van der Waals surface area contributed by atoms with Gasteiger partial charge in [-0.3, -0.25) is 4.90 Å². The number of urea groups is 1. The van der Waals surface area contributed by atoms with Crippen LogP contribution in [-0.2, 0) is 0 Å². The molecule has 2 aromatic rings.